The van der Waals surface area contributed by atoms with Gasteiger partial charge in [0.25, 0.3) is 6.71 Å². The van der Waals surface area contributed by atoms with Crippen LogP contribution in [0.2, 0.25) is 0 Å². The predicted octanol–water partition coefficient (Wildman–Crippen LogP) is 23.6. The lowest BCUT2D eigenvalue weighted by molar-refractivity contribution is 0.793. The summed E-state index contributed by atoms with van der Waals surface area (Å²) in [5, 5.41) is 2.44. The molecule has 500 valence electrons. The van der Waals surface area contributed by atoms with Crippen molar-refractivity contribution in [2.75, 3.05) is 9.80 Å². The average Bonchev–Trinajstić information content (AvgIpc) is 1.52. The standard InChI is InChI=1S/C105H62BN3/c1-2-27-63(28-3-1)64-53-55-65(56-54-64)108-95-61-66(107-91-50-24-13-37-75(91)76-38-14-25-51-92(76)107)62-96-100(95)106(90-59-57-78-74-36-11-22-47-87(74)105(99(78)102(90)108)84-44-19-8-33-71(84)72-34-9-20-45-85(72)105)101-94(60-58-77-73-35-10-21-46-86(73)104(98(77)101)82-42-17-6-31-69(82)70-32-7-18-43-83(70)104)109(96)93-52-26-49-89-97(93)79-39-12-23-48-88(79)103(89)80-40-15-4-29-67(80)68-30-5-16-41-81(68)103/h1-62H. The van der Waals surface area contributed by atoms with Crippen LogP contribution in [0.25, 0.3) is 105 Å². The quantitative estimate of drug-likeness (QED) is 0.163. The highest BCUT2D eigenvalue weighted by atomic mass is 15.2. The van der Waals surface area contributed by atoms with Gasteiger partial charge in [0.1, 0.15) is 0 Å². The maximum atomic E-state index is 2.79. The van der Waals surface area contributed by atoms with Gasteiger partial charge in [-0.25, -0.2) is 0 Å². The first-order chi connectivity index (χ1) is 54.1. The van der Waals surface area contributed by atoms with Gasteiger partial charge in [-0.05, 0) is 198 Å². The van der Waals surface area contributed by atoms with Crippen molar-refractivity contribution in [3.05, 3.63) is 443 Å². The Balaban J connectivity index is 0.877. The van der Waals surface area contributed by atoms with Gasteiger partial charge in [-0.15, -0.1) is 0 Å². The molecule has 109 heavy (non-hydrogen) atoms. The van der Waals surface area contributed by atoms with Crippen LogP contribution in [-0.2, 0) is 16.2 Å². The van der Waals surface area contributed by atoms with Gasteiger partial charge in [-0.2, -0.15) is 0 Å². The Morgan fingerprint density at radius 2 is 0.596 bits per heavy atom. The van der Waals surface area contributed by atoms with E-state index in [4.69, 9.17) is 0 Å². The number of nitrogens with zero attached hydrogens (tertiary/aromatic N) is 3. The Hall–Kier alpha value is -13.8. The first-order valence-electron chi connectivity index (χ1n) is 38.4. The van der Waals surface area contributed by atoms with Gasteiger partial charge in [-0.1, -0.05) is 328 Å². The summed E-state index contributed by atoms with van der Waals surface area (Å²) in [5.41, 5.74) is 45.6. The fourth-order valence-corrected chi connectivity index (χ4v) is 22.9. The zero-order chi connectivity index (χ0) is 70.7. The molecule has 0 amide bonds. The fourth-order valence-electron chi connectivity index (χ4n) is 22.9. The third-order valence-electron chi connectivity index (χ3n) is 26.6. The highest BCUT2D eigenvalue weighted by molar-refractivity contribution is 7.01. The normalized spacial score (nSPS) is 15.0. The molecule has 0 saturated heterocycles. The largest absolute Gasteiger partial charge is 0.311 e. The van der Waals surface area contributed by atoms with E-state index < -0.39 is 16.2 Å². The molecular formula is C105H62BN3. The summed E-state index contributed by atoms with van der Waals surface area (Å²) in [5.74, 6) is 0. The third-order valence-corrected chi connectivity index (χ3v) is 26.6. The van der Waals surface area contributed by atoms with Gasteiger partial charge in [0.2, 0.25) is 0 Å². The molecule has 8 aliphatic rings. The van der Waals surface area contributed by atoms with Crippen LogP contribution in [0, 0.1) is 0 Å². The minimum absolute atomic E-state index is 0.346. The summed E-state index contributed by atoms with van der Waals surface area (Å²) >= 11 is 0. The first kappa shape index (κ1) is 58.5. The van der Waals surface area contributed by atoms with E-state index in [-0.39, 0.29) is 6.71 Å². The van der Waals surface area contributed by atoms with Crippen LogP contribution in [-0.4, -0.2) is 11.3 Å². The molecule has 0 unspecified atom stereocenters. The molecule has 0 saturated carbocycles. The Morgan fingerprint density at radius 1 is 0.220 bits per heavy atom. The second-order valence-electron chi connectivity index (χ2n) is 31.0. The number of para-hydroxylation sites is 2. The lowest BCUT2D eigenvalue weighted by atomic mass is 9.31. The predicted molar refractivity (Wildman–Crippen MR) is 449 cm³/mol. The van der Waals surface area contributed by atoms with Crippen molar-refractivity contribution in [1.29, 1.82) is 0 Å². The average molecular weight is 1380 g/mol. The van der Waals surface area contributed by atoms with Crippen LogP contribution in [0.3, 0.4) is 0 Å². The van der Waals surface area contributed by atoms with E-state index in [2.05, 4.69) is 390 Å². The van der Waals surface area contributed by atoms with Crippen LogP contribution < -0.4 is 26.2 Å². The fraction of sp³-hybridized carbons (Fsp3) is 0.0286. The topological polar surface area (TPSA) is 11.4 Å². The van der Waals surface area contributed by atoms with Crippen molar-refractivity contribution in [3.63, 3.8) is 0 Å². The lowest BCUT2D eigenvalue weighted by Crippen LogP contribution is -2.63. The number of anilines is 6. The van der Waals surface area contributed by atoms with Crippen LogP contribution in [0.1, 0.15) is 66.8 Å². The molecule has 6 aliphatic carbocycles. The molecule has 1 aromatic heterocycles. The molecule has 18 aromatic rings. The number of aromatic nitrogens is 1. The zero-order valence-electron chi connectivity index (χ0n) is 59.2. The second kappa shape index (κ2) is 20.8. The number of hydrogen-bond donors (Lipinski definition) is 0. The van der Waals surface area contributed by atoms with E-state index in [9.17, 15) is 0 Å². The van der Waals surface area contributed by atoms with Crippen LogP contribution >= 0.6 is 0 Å². The summed E-state index contributed by atoms with van der Waals surface area (Å²) in [6, 6.07) is 146. The summed E-state index contributed by atoms with van der Waals surface area (Å²) in [6.07, 6.45) is 0. The molecule has 0 N–H and O–H groups in total. The molecule has 3 nitrogen and oxygen atoms in total. The summed E-state index contributed by atoms with van der Waals surface area (Å²) in [6.45, 7) is -0.346. The van der Waals surface area contributed by atoms with Gasteiger partial charge >= 0.3 is 0 Å². The van der Waals surface area contributed by atoms with Crippen molar-refractivity contribution in [2.24, 2.45) is 0 Å². The molecule has 17 aromatic carbocycles. The molecule has 3 heterocycles. The molecule has 0 radical (unpaired) electrons. The minimum atomic E-state index is -0.731. The lowest BCUT2D eigenvalue weighted by Gasteiger charge is -2.48. The van der Waals surface area contributed by atoms with E-state index in [1.165, 1.54) is 183 Å². The highest BCUT2D eigenvalue weighted by Gasteiger charge is 2.61. The summed E-state index contributed by atoms with van der Waals surface area (Å²) in [4.78, 5) is 5.57. The van der Waals surface area contributed by atoms with E-state index >= 15 is 0 Å². The summed E-state index contributed by atoms with van der Waals surface area (Å²) < 4.78 is 2.58. The Morgan fingerprint density at radius 3 is 1.10 bits per heavy atom. The van der Waals surface area contributed by atoms with Gasteiger partial charge in [0.05, 0.1) is 38.7 Å². The van der Waals surface area contributed by atoms with Gasteiger partial charge in [-0.3, -0.25) is 0 Å². The van der Waals surface area contributed by atoms with Crippen LogP contribution in [0.4, 0.5) is 34.1 Å². The first-order valence-corrected chi connectivity index (χ1v) is 38.4. The second-order valence-corrected chi connectivity index (χ2v) is 31.0. The molecule has 0 fully saturated rings. The SMILES string of the molecule is c1ccc(-c2ccc(N3c4cc(-n5c6ccccc6c6ccccc65)cc5c4B(c4ccc6c(c43)C3(c4ccccc4-c4ccccc43)c3ccccc3-6)c3c(ccc4c3C3(c6ccccc6-c6ccccc63)c3ccccc3-4)N5c3cccc4c3-c3ccccc3C43c4ccccc4-c4ccccc43)cc2)cc1. The minimum Gasteiger partial charge on any atom is -0.311 e. The smallest absolute Gasteiger partial charge is 0.252 e. The van der Waals surface area contributed by atoms with Crippen molar-refractivity contribution in [3.8, 4) is 83.6 Å². The van der Waals surface area contributed by atoms with Gasteiger partial charge in [0.15, 0.2) is 0 Å². The molecule has 0 bridgehead atoms. The van der Waals surface area contributed by atoms with E-state index in [0.717, 1.165) is 39.5 Å². The monoisotopic (exact) mass is 1380 g/mol. The van der Waals surface area contributed by atoms with Gasteiger partial charge in [0, 0.05) is 50.3 Å². The van der Waals surface area contributed by atoms with Crippen LogP contribution in [0.15, 0.2) is 376 Å². The molecule has 3 spiro atoms. The zero-order valence-corrected chi connectivity index (χ0v) is 59.2. The molecule has 4 heteroatoms. The highest BCUT2D eigenvalue weighted by Crippen LogP contribution is 2.70. The Labute approximate surface area is 631 Å². The van der Waals surface area contributed by atoms with Crippen molar-refractivity contribution in [1.82, 2.24) is 4.57 Å². The van der Waals surface area contributed by atoms with E-state index in [1.807, 2.05) is 0 Å². The number of rotatable bonds is 4. The third kappa shape index (κ3) is 6.88. The van der Waals surface area contributed by atoms with E-state index in [1.54, 1.807) is 0 Å². The van der Waals surface area contributed by atoms with Crippen molar-refractivity contribution < 1.29 is 0 Å². The molecular weight excluding hydrogens is 1310 g/mol. The number of benzene rings is 17. The number of fused-ring (bicyclic) bond motifs is 39. The Kier molecular flexibility index (Phi) is 11.2. The summed E-state index contributed by atoms with van der Waals surface area (Å²) in [7, 11) is 0. The van der Waals surface area contributed by atoms with E-state index in [0.29, 0.717) is 0 Å². The maximum Gasteiger partial charge on any atom is 0.252 e. The molecule has 26 rings (SSSR count). The van der Waals surface area contributed by atoms with Crippen molar-refractivity contribution in [2.45, 2.75) is 16.2 Å². The number of hydrogen-bond acceptors (Lipinski definition) is 2. The molecule has 2 aliphatic heterocycles. The van der Waals surface area contributed by atoms with Crippen molar-refractivity contribution >= 4 is 79.0 Å². The molecule has 0 atom stereocenters. The maximum absolute atomic E-state index is 2.79. The van der Waals surface area contributed by atoms with Crippen LogP contribution in [0.5, 0.6) is 0 Å². The van der Waals surface area contributed by atoms with Gasteiger partial charge < -0.3 is 14.4 Å². The Bertz CT molecular complexity index is 6930.